The zero-order chi connectivity index (χ0) is 20.6. The molecule has 1 saturated heterocycles. The van der Waals surface area contributed by atoms with E-state index < -0.39 is 0 Å². The molecule has 1 aliphatic rings. The summed E-state index contributed by atoms with van der Waals surface area (Å²) < 4.78 is 0. The second-order valence-electron chi connectivity index (χ2n) is 7.25. The topological polar surface area (TPSA) is 32.3 Å². The van der Waals surface area contributed by atoms with E-state index >= 15 is 0 Å². The molecule has 0 spiro atoms. The van der Waals surface area contributed by atoms with Crippen molar-refractivity contribution in [2.75, 3.05) is 25.4 Å². The van der Waals surface area contributed by atoms with Gasteiger partial charge in [0, 0.05) is 46.2 Å². The van der Waals surface area contributed by atoms with Gasteiger partial charge in [0.05, 0.1) is 5.92 Å². The third-order valence-electron chi connectivity index (χ3n) is 5.05. The summed E-state index contributed by atoms with van der Waals surface area (Å²) in [6, 6.07) is 13.5. The van der Waals surface area contributed by atoms with Crippen LogP contribution in [0.3, 0.4) is 0 Å². The molecule has 1 heterocycles. The first-order valence-corrected chi connectivity index (χ1v) is 12.1. The lowest BCUT2D eigenvalue weighted by molar-refractivity contribution is -0.126. The molecule has 1 N–H and O–H groups in total. The maximum atomic E-state index is 12.6. The van der Waals surface area contributed by atoms with Crippen molar-refractivity contribution in [3.8, 4) is 0 Å². The molecule has 1 unspecified atom stereocenters. The smallest absolute Gasteiger partial charge is 0.224 e. The van der Waals surface area contributed by atoms with E-state index in [1.807, 2.05) is 36.4 Å². The molecule has 2 aromatic carbocycles. The van der Waals surface area contributed by atoms with Gasteiger partial charge in [-0.2, -0.15) is 11.8 Å². The van der Waals surface area contributed by atoms with Crippen LogP contribution in [0.2, 0.25) is 15.1 Å². The lowest BCUT2D eigenvalue weighted by atomic mass is 9.96. The molecule has 0 aromatic heterocycles. The normalized spacial score (nSPS) is 17.3. The van der Waals surface area contributed by atoms with Gasteiger partial charge in [-0.1, -0.05) is 59.1 Å². The molecule has 29 heavy (non-hydrogen) atoms. The van der Waals surface area contributed by atoms with Gasteiger partial charge >= 0.3 is 0 Å². The molecule has 0 bridgehead atoms. The number of halogens is 3. The van der Waals surface area contributed by atoms with Gasteiger partial charge in [0.15, 0.2) is 0 Å². The Morgan fingerprint density at radius 2 is 1.93 bits per heavy atom. The Bertz CT molecular complexity index is 833. The average Bonchev–Trinajstić information content (AvgIpc) is 2.71. The molecule has 156 valence electrons. The lowest BCUT2D eigenvalue weighted by Gasteiger charge is -2.32. The van der Waals surface area contributed by atoms with Crippen molar-refractivity contribution in [2.45, 2.75) is 25.1 Å². The molecule has 1 amide bonds. The fraction of sp³-hybridized carbons (Fsp3) is 0.409. The summed E-state index contributed by atoms with van der Waals surface area (Å²) in [5, 5.41) is 5.21. The van der Waals surface area contributed by atoms with E-state index in [0.717, 1.165) is 60.1 Å². The highest BCUT2D eigenvalue weighted by molar-refractivity contribution is 7.98. The number of carbonyl (C=O) groups is 1. The van der Waals surface area contributed by atoms with Gasteiger partial charge in [0.1, 0.15) is 0 Å². The Morgan fingerprint density at radius 1 is 1.10 bits per heavy atom. The number of rotatable bonds is 8. The molecule has 0 saturated carbocycles. The van der Waals surface area contributed by atoms with Gasteiger partial charge in [-0.15, -0.1) is 0 Å². The number of hydrogen-bond acceptors (Lipinski definition) is 3. The van der Waals surface area contributed by atoms with Crippen LogP contribution in [-0.4, -0.2) is 36.2 Å². The Hall–Kier alpha value is -0.910. The van der Waals surface area contributed by atoms with Crippen LogP contribution in [0.25, 0.3) is 0 Å². The molecule has 1 fully saturated rings. The van der Waals surface area contributed by atoms with E-state index in [1.54, 1.807) is 17.8 Å². The number of likely N-dealkylation sites (tertiary alicyclic amines) is 1. The van der Waals surface area contributed by atoms with Gasteiger partial charge in [0.25, 0.3) is 0 Å². The van der Waals surface area contributed by atoms with Gasteiger partial charge in [-0.3, -0.25) is 9.69 Å². The molecule has 3 rings (SSSR count). The molecular weight excluding hydrogens is 447 g/mol. The molecular formula is C22H25Cl3N2OS. The Balaban J connectivity index is 1.39. The molecule has 3 nitrogen and oxygen atoms in total. The largest absolute Gasteiger partial charge is 0.355 e. The predicted octanol–water partition coefficient (Wildman–Crippen LogP) is 5.91. The van der Waals surface area contributed by atoms with Crippen molar-refractivity contribution in [2.24, 2.45) is 5.92 Å². The number of benzene rings is 2. The molecule has 7 heteroatoms. The van der Waals surface area contributed by atoms with E-state index in [4.69, 9.17) is 34.8 Å². The van der Waals surface area contributed by atoms with Crippen molar-refractivity contribution in [1.29, 1.82) is 0 Å². The highest BCUT2D eigenvalue weighted by Crippen LogP contribution is 2.25. The summed E-state index contributed by atoms with van der Waals surface area (Å²) in [6.07, 6.45) is 1.95. The Kier molecular flexibility index (Phi) is 9.01. The number of piperidine rings is 1. The second-order valence-corrected chi connectivity index (χ2v) is 9.60. The highest BCUT2D eigenvalue weighted by Gasteiger charge is 2.25. The van der Waals surface area contributed by atoms with Crippen LogP contribution in [0.5, 0.6) is 0 Å². The van der Waals surface area contributed by atoms with Crippen LogP contribution in [0.1, 0.15) is 24.0 Å². The average molecular weight is 472 g/mol. The maximum absolute atomic E-state index is 12.6. The Labute approximate surface area is 192 Å². The first-order valence-electron chi connectivity index (χ1n) is 9.78. The molecule has 1 atom stereocenters. The van der Waals surface area contributed by atoms with Crippen molar-refractivity contribution >= 4 is 52.5 Å². The fourth-order valence-corrected chi connectivity index (χ4v) is 5.10. The van der Waals surface area contributed by atoms with Crippen molar-refractivity contribution in [3.05, 3.63) is 68.7 Å². The fourth-order valence-electron chi connectivity index (χ4n) is 3.49. The lowest BCUT2D eigenvalue weighted by Crippen LogP contribution is -2.43. The second kappa shape index (κ2) is 11.5. The molecule has 0 radical (unpaired) electrons. The Morgan fingerprint density at radius 3 is 2.72 bits per heavy atom. The molecule has 2 aromatic rings. The van der Waals surface area contributed by atoms with Crippen LogP contribution in [0.4, 0.5) is 0 Å². The zero-order valence-corrected chi connectivity index (χ0v) is 19.3. The number of carbonyl (C=O) groups excluding carboxylic acids is 1. The van der Waals surface area contributed by atoms with Gasteiger partial charge < -0.3 is 5.32 Å². The monoisotopic (exact) mass is 470 g/mol. The SMILES string of the molecule is O=C(NCCSCc1ccccc1Cl)C1CCCN(Cc2ccc(Cl)cc2Cl)C1. The standard InChI is InChI=1S/C22H25Cl3N2OS/c23-19-8-7-16(21(25)12-19)13-27-10-3-5-17(14-27)22(28)26-9-11-29-15-18-4-1-2-6-20(18)24/h1-2,4,6-8,12,17H,3,5,9-11,13-15H2,(H,26,28). The van der Waals surface area contributed by atoms with Crippen molar-refractivity contribution < 1.29 is 4.79 Å². The van der Waals surface area contributed by atoms with E-state index in [9.17, 15) is 4.79 Å². The third kappa shape index (κ3) is 7.08. The molecule has 1 aliphatic heterocycles. The minimum absolute atomic E-state index is 0.0309. The van der Waals surface area contributed by atoms with Gasteiger partial charge in [-0.25, -0.2) is 0 Å². The first kappa shape index (κ1) is 22.8. The van der Waals surface area contributed by atoms with Crippen LogP contribution >= 0.6 is 46.6 Å². The summed E-state index contributed by atoms with van der Waals surface area (Å²) in [7, 11) is 0. The van der Waals surface area contributed by atoms with Crippen LogP contribution < -0.4 is 5.32 Å². The van der Waals surface area contributed by atoms with E-state index in [-0.39, 0.29) is 11.8 Å². The van der Waals surface area contributed by atoms with Crippen LogP contribution in [-0.2, 0) is 17.1 Å². The number of nitrogens with one attached hydrogen (secondary N) is 1. The number of hydrogen-bond donors (Lipinski definition) is 1. The van der Waals surface area contributed by atoms with Gasteiger partial charge in [0.2, 0.25) is 5.91 Å². The van der Waals surface area contributed by atoms with E-state index in [2.05, 4.69) is 10.2 Å². The van der Waals surface area contributed by atoms with E-state index in [0.29, 0.717) is 16.6 Å². The maximum Gasteiger partial charge on any atom is 0.224 e. The minimum Gasteiger partial charge on any atom is -0.355 e. The number of thioether (sulfide) groups is 1. The van der Waals surface area contributed by atoms with Crippen molar-refractivity contribution in [3.63, 3.8) is 0 Å². The van der Waals surface area contributed by atoms with Crippen molar-refractivity contribution in [1.82, 2.24) is 10.2 Å². The summed E-state index contributed by atoms with van der Waals surface area (Å²) in [5.74, 6) is 1.90. The van der Waals surface area contributed by atoms with Crippen LogP contribution in [0, 0.1) is 5.92 Å². The third-order valence-corrected chi connectivity index (χ3v) is 7.01. The summed E-state index contributed by atoms with van der Waals surface area (Å²) in [4.78, 5) is 14.9. The van der Waals surface area contributed by atoms with Crippen LogP contribution in [0.15, 0.2) is 42.5 Å². The van der Waals surface area contributed by atoms with E-state index in [1.165, 1.54) is 0 Å². The first-order chi connectivity index (χ1) is 14.0. The number of amides is 1. The predicted molar refractivity (Wildman–Crippen MR) is 125 cm³/mol. The highest BCUT2D eigenvalue weighted by atomic mass is 35.5. The summed E-state index contributed by atoms with van der Waals surface area (Å²) in [5.41, 5.74) is 2.18. The quantitative estimate of drug-likeness (QED) is 0.486. The minimum atomic E-state index is 0.0309. The summed E-state index contributed by atoms with van der Waals surface area (Å²) >= 11 is 20.2. The molecule has 0 aliphatic carbocycles. The number of nitrogens with zero attached hydrogens (tertiary/aromatic N) is 1. The summed E-state index contributed by atoms with van der Waals surface area (Å²) in [6.45, 7) is 3.16. The van der Waals surface area contributed by atoms with Gasteiger partial charge in [-0.05, 0) is 48.7 Å². The zero-order valence-electron chi connectivity index (χ0n) is 16.2.